The first-order chi connectivity index (χ1) is 12.7. The van der Waals surface area contributed by atoms with Crippen LogP contribution in [0.5, 0.6) is 5.75 Å². The zero-order valence-corrected chi connectivity index (χ0v) is 15.0. The molecule has 0 spiro atoms. The van der Waals surface area contributed by atoms with Gasteiger partial charge in [0.25, 0.3) is 5.91 Å². The summed E-state index contributed by atoms with van der Waals surface area (Å²) in [6.07, 6.45) is -0.765. The molecule has 0 fully saturated rings. The Morgan fingerprint density at radius 3 is 2.48 bits per heavy atom. The van der Waals surface area contributed by atoms with Gasteiger partial charge in [0, 0.05) is 17.3 Å². The molecule has 7 nitrogen and oxygen atoms in total. The van der Waals surface area contributed by atoms with E-state index >= 15 is 0 Å². The molecular formula is C19H21FN2O5. The van der Waals surface area contributed by atoms with Gasteiger partial charge in [0.1, 0.15) is 11.6 Å². The first-order valence-corrected chi connectivity index (χ1v) is 8.41. The number of carbonyl (C=O) groups is 2. The van der Waals surface area contributed by atoms with Crippen molar-refractivity contribution < 1.29 is 23.8 Å². The Morgan fingerprint density at radius 2 is 1.89 bits per heavy atom. The number of carboxylic acid groups (broad SMARTS) is 1. The predicted octanol–water partition coefficient (Wildman–Crippen LogP) is 1.97. The van der Waals surface area contributed by atoms with E-state index in [0.717, 1.165) is 18.2 Å². The molecule has 27 heavy (non-hydrogen) atoms. The second-order valence-corrected chi connectivity index (χ2v) is 6.47. The molecule has 1 aromatic carbocycles. The molecule has 0 aliphatic heterocycles. The number of rotatable bonds is 8. The van der Waals surface area contributed by atoms with Gasteiger partial charge in [-0.05, 0) is 42.7 Å². The van der Waals surface area contributed by atoms with Gasteiger partial charge in [-0.15, -0.1) is 0 Å². The van der Waals surface area contributed by atoms with Crippen LogP contribution in [-0.2, 0) is 11.2 Å². The number of hydrogen-bond acceptors (Lipinski definition) is 4. The van der Waals surface area contributed by atoms with Gasteiger partial charge < -0.3 is 20.1 Å². The normalized spacial score (nSPS) is 11.9. The Balaban J connectivity index is 2.05. The van der Waals surface area contributed by atoms with E-state index in [4.69, 9.17) is 4.74 Å². The summed E-state index contributed by atoms with van der Waals surface area (Å²) in [5.41, 5.74) is 0.357. The fraction of sp³-hybridized carbons (Fsp3) is 0.316. The maximum atomic E-state index is 12.9. The lowest BCUT2D eigenvalue weighted by molar-refractivity contribution is -0.144. The maximum absolute atomic E-state index is 12.9. The Labute approximate surface area is 155 Å². The highest BCUT2D eigenvalue weighted by atomic mass is 19.1. The molecule has 8 heteroatoms. The van der Waals surface area contributed by atoms with E-state index in [1.807, 2.05) is 13.8 Å². The Kier molecular flexibility index (Phi) is 6.70. The van der Waals surface area contributed by atoms with Crippen molar-refractivity contribution in [3.05, 3.63) is 63.8 Å². The molecule has 3 N–H and O–H groups in total. The molecular weight excluding hydrogens is 355 g/mol. The topological polar surface area (TPSA) is 108 Å². The van der Waals surface area contributed by atoms with Gasteiger partial charge in [-0.25, -0.2) is 9.18 Å². The number of ether oxygens (including phenoxy) is 1. The first kappa shape index (κ1) is 20.2. The van der Waals surface area contributed by atoms with Crippen LogP contribution in [0, 0.1) is 11.7 Å². The summed E-state index contributed by atoms with van der Waals surface area (Å²) in [4.78, 5) is 38.0. The lowest BCUT2D eigenvalue weighted by Gasteiger charge is -2.16. The number of halogens is 1. The number of hydrogen-bond donors (Lipinski definition) is 3. The predicted molar refractivity (Wildman–Crippen MR) is 96.4 cm³/mol. The first-order valence-electron chi connectivity index (χ1n) is 8.41. The molecule has 0 aliphatic rings. The molecule has 144 valence electrons. The molecule has 0 radical (unpaired) electrons. The zero-order chi connectivity index (χ0) is 20.0. The Morgan fingerprint density at radius 1 is 1.22 bits per heavy atom. The number of aliphatic carboxylic acids is 1. The fourth-order valence-corrected chi connectivity index (χ4v) is 2.43. The van der Waals surface area contributed by atoms with Gasteiger partial charge in [0.05, 0.1) is 6.54 Å². The highest BCUT2D eigenvalue weighted by molar-refractivity contribution is 5.94. The van der Waals surface area contributed by atoms with Gasteiger partial charge >= 0.3 is 5.97 Å². The van der Waals surface area contributed by atoms with Crippen LogP contribution in [-0.4, -0.2) is 34.6 Å². The lowest BCUT2D eigenvalue weighted by atomic mass is 10.1. The average Bonchev–Trinajstić information content (AvgIpc) is 2.58. The maximum Gasteiger partial charge on any atom is 0.346 e. The van der Waals surface area contributed by atoms with E-state index in [0.29, 0.717) is 18.0 Å². The van der Waals surface area contributed by atoms with Crippen molar-refractivity contribution in [2.24, 2.45) is 5.92 Å². The lowest BCUT2D eigenvalue weighted by Crippen LogP contribution is -2.40. The van der Waals surface area contributed by atoms with Gasteiger partial charge in [0.15, 0.2) is 0 Å². The van der Waals surface area contributed by atoms with Crippen molar-refractivity contribution in [2.45, 2.75) is 26.4 Å². The highest BCUT2D eigenvalue weighted by Crippen LogP contribution is 2.13. The summed E-state index contributed by atoms with van der Waals surface area (Å²) in [5.74, 6) is -1.90. The molecule has 1 unspecified atom stereocenters. The second-order valence-electron chi connectivity index (χ2n) is 6.47. The van der Waals surface area contributed by atoms with Gasteiger partial charge in [0.2, 0.25) is 11.7 Å². The molecule has 0 saturated carbocycles. The third kappa shape index (κ3) is 6.25. The second kappa shape index (κ2) is 8.98. The molecule has 0 saturated heterocycles. The fourth-order valence-electron chi connectivity index (χ4n) is 2.43. The molecule has 2 aromatic rings. The molecule has 0 aliphatic carbocycles. The average molecular weight is 376 g/mol. The zero-order valence-electron chi connectivity index (χ0n) is 15.0. The number of carbonyl (C=O) groups excluding carboxylic acids is 1. The van der Waals surface area contributed by atoms with Crippen LogP contribution in [0.4, 0.5) is 4.39 Å². The van der Waals surface area contributed by atoms with E-state index in [2.05, 4.69) is 10.3 Å². The van der Waals surface area contributed by atoms with Crippen LogP contribution in [0.1, 0.15) is 29.9 Å². The van der Waals surface area contributed by atoms with Crippen molar-refractivity contribution >= 4 is 11.9 Å². The SMILES string of the molecule is CC(C)Cc1cc(C(=O)NCC(Oc2ccc(F)cc2)C(=O)O)cc(=O)[nH]1. The van der Waals surface area contributed by atoms with Crippen LogP contribution >= 0.6 is 0 Å². The minimum atomic E-state index is -1.36. The molecule has 2 rings (SSSR count). The number of H-pyrrole nitrogens is 1. The molecule has 1 heterocycles. The number of aromatic amines is 1. The van der Waals surface area contributed by atoms with Crippen LogP contribution in [0.25, 0.3) is 0 Å². The smallest absolute Gasteiger partial charge is 0.346 e. The number of amides is 1. The number of aromatic nitrogens is 1. The Hall–Kier alpha value is -3.16. The summed E-state index contributed by atoms with van der Waals surface area (Å²) in [6.45, 7) is 3.64. The van der Waals surface area contributed by atoms with Crippen molar-refractivity contribution in [1.29, 1.82) is 0 Å². The molecule has 1 aromatic heterocycles. The molecule has 1 amide bonds. The Bertz CT molecular complexity index is 861. The van der Waals surface area contributed by atoms with Crippen LogP contribution in [0.15, 0.2) is 41.2 Å². The van der Waals surface area contributed by atoms with Crippen molar-refractivity contribution in [1.82, 2.24) is 10.3 Å². The third-order valence-electron chi connectivity index (χ3n) is 3.61. The van der Waals surface area contributed by atoms with Crippen molar-refractivity contribution in [3.8, 4) is 5.75 Å². The minimum absolute atomic E-state index is 0.139. The van der Waals surface area contributed by atoms with Gasteiger partial charge in [-0.2, -0.15) is 0 Å². The summed E-state index contributed by atoms with van der Waals surface area (Å²) < 4.78 is 18.2. The van der Waals surface area contributed by atoms with E-state index in [1.54, 1.807) is 6.07 Å². The van der Waals surface area contributed by atoms with Crippen LogP contribution < -0.4 is 15.6 Å². The largest absolute Gasteiger partial charge is 0.478 e. The number of nitrogens with one attached hydrogen (secondary N) is 2. The summed E-state index contributed by atoms with van der Waals surface area (Å²) in [6, 6.07) is 7.58. The van der Waals surface area contributed by atoms with Gasteiger partial charge in [-0.3, -0.25) is 9.59 Å². The van der Waals surface area contributed by atoms with Crippen molar-refractivity contribution in [2.75, 3.05) is 6.54 Å². The summed E-state index contributed by atoms with van der Waals surface area (Å²) >= 11 is 0. The number of pyridine rings is 1. The minimum Gasteiger partial charge on any atom is -0.478 e. The summed E-state index contributed by atoms with van der Waals surface area (Å²) in [5, 5.41) is 11.7. The van der Waals surface area contributed by atoms with Crippen molar-refractivity contribution in [3.63, 3.8) is 0 Å². The van der Waals surface area contributed by atoms with E-state index in [-0.39, 0.29) is 17.9 Å². The third-order valence-corrected chi connectivity index (χ3v) is 3.61. The van der Waals surface area contributed by atoms with E-state index in [9.17, 15) is 23.9 Å². The van der Waals surface area contributed by atoms with Gasteiger partial charge in [-0.1, -0.05) is 13.8 Å². The van der Waals surface area contributed by atoms with E-state index < -0.39 is 29.4 Å². The summed E-state index contributed by atoms with van der Waals surface area (Å²) in [7, 11) is 0. The monoisotopic (exact) mass is 376 g/mol. The standard InChI is InChI=1S/C19H21FN2O5/c1-11(2)7-14-8-12(9-17(23)22-14)18(24)21-10-16(19(25)26)27-15-5-3-13(20)4-6-15/h3-6,8-9,11,16H,7,10H2,1-2H3,(H,21,24)(H,22,23)(H,25,26). The van der Waals surface area contributed by atoms with Crippen LogP contribution in [0.2, 0.25) is 0 Å². The molecule has 0 bridgehead atoms. The number of benzene rings is 1. The number of carboxylic acids is 1. The van der Waals surface area contributed by atoms with Crippen LogP contribution in [0.3, 0.4) is 0 Å². The highest BCUT2D eigenvalue weighted by Gasteiger charge is 2.21. The quantitative estimate of drug-likeness (QED) is 0.653. The van der Waals surface area contributed by atoms with E-state index in [1.165, 1.54) is 12.1 Å². The molecule has 1 atom stereocenters.